The Bertz CT molecular complexity index is 751. The maximum atomic E-state index is 12.7. The van der Waals surface area contributed by atoms with Gasteiger partial charge in [-0.05, 0) is 57.7 Å². The Morgan fingerprint density at radius 3 is 2.50 bits per heavy atom. The summed E-state index contributed by atoms with van der Waals surface area (Å²) in [7, 11) is 0. The van der Waals surface area contributed by atoms with Gasteiger partial charge in [0.05, 0.1) is 11.0 Å². The lowest BCUT2D eigenvalue weighted by atomic mass is 9.74. The van der Waals surface area contributed by atoms with E-state index in [1.807, 2.05) is 37.8 Å². The van der Waals surface area contributed by atoms with Crippen LogP contribution >= 0.6 is 0 Å². The molecule has 2 amide bonds. The highest BCUT2D eigenvalue weighted by molar-refractivity contribution is 5.90. The Balaban J connectivity index is 1.61. The molecule has 1 N–H and O–H groups in total. The topological polar surface area (TPSA) is 75.7 Å². The number of carbonyl (C=O) groups excluding carboxylic acids is 3. The highest BCUT2D eigenvalue weighted by Crippen LogP contribution is 2.39. The van der Waals surface area contributed by atoms with Crippen molar-refractivity contribution in [3.63, 3.8) is 0 Å². The summed E-state index contributed by atoms with van der Waals surface area (Å²) in [5.41, 5.74) is 0.403. The number of likely N-dealkylation sites (tertiary alicyclic amines) is 1. The van der Waals surface area contributed by atoms with Crippen LogP contribution in [0.3, 0.4) is 0 Å². The molecule has 1 unspecified atom stereocenters. The van der Waals surface area contributed by atoms with Crippen LogP contribution < -0.4 is 5.32 Å². The molecule has 2 saturated heterocycles. The molecule has 0 bridgehead atoms. The van der Waals surface area contributed by atoms with Crippen molar-refractivity contribution in [2.45, 2.75) is 65.0 Å². The number of hydrogen-bond donors (Lipinski definition) is 1. The zero-order valence-corrected chi connectivity index (χ0v) is 17.0. The molecular weight excluding hydrogens is 356 g/mol. The normalized spacial score (nSPS) is 23.3. The average Bonchev–Trinajstić information content (AvgIpc) is 2.79. The van der Waals surface area contributed by atoms with Gasteiger partial charge in [0.2, 0.25) is 11.8 Å². The van der Waals surface area contributed by atoms with Crippen LogP contribution in [0.2, 0.25) is 0 Å². The summed E-state index contributed by atoms with van der Waals surface area (Å²) in [6, 6.07) is 7.18. The van der Waals surface area contributed by atoms with Crippen molar-refractivity contribution >= 4 is 17.8 Å². The second-order valence-electron chi connectivity index (χ2n) is 8.93. The van der Waals surface area contributed by atoms with Crippen molar-refractivity contribution in [1.29, 1.82) is 0 Å². The van der Waals surface area contributed by atoms with Crippen LogP contribution in [0.25, 0.3) is 0 Å². The van der Waals surface area contributed by atoms with Crippen molar-refractivity contribution in [2.75, 3.05) is 13.1 Å². The van der Waals surface area contributed by atoms with Gasteiger partial charge in [0.25, 0.3) is 0 Å². The molecule has 1 aromatic carbocycles. The minimum absolute atomic E-state index is 0.0273. The third-order valence-electron chi connectivity index (χ3n) is 5.51. The molecule has 6 nitrogen and oxygen atoms in total. The lowest BCUT2D eigenvalue weighted by Crippen LogP contribution is -2.50. The van der Waals surface area contributed by atoms with Crippen molar-refractivity contribution in [3.8, 4) is 0 Å². The lowest BCUT2D eigenvalue weighted by molar-refractivity contribution is -0.147. The summed E-state index contributed by atoms with van der Waals surface area (Å²) in [4.78, 5) is 39.1. The number of amides is 2. The van der Waals surface area contributed by atoms with Crippen LogP contribution in [0.1, 0.15) is 68.8 Å². The van der Waals surface area contributed by atoms with E-state index < -0.39 is 11.0 Å². The molecule has 1 atom stereocenters. The molecule has 0 aromatic heterocycles. The van der Waals surface area contributed by atoms with Crippen LogP contribution in [0.4, 0.5) is 0 Å². The number of rotatable bonds is 3. The minimum atomic E-state index is -0.532. The Labute approximate surface area is 166 Å². The Morgan fingerprint density at radius 1 is 1.14 bits per heavy atom. The first kappa shape index (κ1) is 20.4. The van der Waals surface area contributed by atoms with Crippen molar-refractivity contribution < 1.29 is 19.1 Å². The van der Waals surface area contributed by atoms with Gasteiger partial charge < -0.3 is 15.0 Å². The second kappa shape index (κ2) is 7.94. The number of nitrogens with zero attached hydrogens (tertiary/aromatic N) is 1. The third kappa shape index (κ3) is 4.72. The zero-order chi connectivity index (χ0) is 20.4. The molecule has 1 spiro atoms. The number of nitrogens with one attached hydrogen (secondary N) is 1. The summed E-state index contributed by atoms with van der Waals surface area (Å²) < 4.78 is 5.37. The molecule has 2 heterocycles. The van der Waals surface area contributed by atoms with E-state index >= 15 is 0 Å². The molecule has 2 aliphatic heterocycles. The van der Waals surface area contributed by atoms with Gasteiger partial charge >= 0.3 is 5.97 Å². The quantitative estimate of drug-likeness (QED) is 0.810. The first-order chi connectivity index (χ1) is 13.2. The maximum Gasteiger partial charge on any atom is 0.338 e. The summed E-state index contributed by atoms with van der Waals surface area (Å²) in [6.45, 7) is 7.29. The molecule has 28 heavy (non-hydrogen) atoms. The van der Waals surface area contributed by atoms with Crippen LogP contribution in [0, 0.1) is 5.41 Å². The van der Waals surface area contributed by atoms with Crippen LogP contribution in [-0.2, 0) is 20.9 Å². The van der Waals surface area contributed by atoms with Crippen LogP contribution in [-0.4, -0.2) is 41.4 Å². The number of carbonyl (C=O) groups is 3. The van der Waals surface area contributed by atoms with E-state index in [2.05, 4.69) is 5.32 Å². The smallest absolute Gasteiger partial charge is 0.338 e. The largest absolute Gasteiger partial charge is 0.456 e. The summed E-state index contributed by atoms with van der Waals surface area (Å²) >= 11 is 0. The van der Waals surface area contributed by atoms with Gasteiger partial charge in [-0.1, -0.05) is 18.6 Å². The number of ether oxygens (including phenoxy) is 1. The van der Waals surface area contributed by atoms with E-state index in [4.69, 9.17) is 4.74 Å². The number of benzene rings is 1. The molecule has 6 heteroatoms. The fourth-order valence-electron chi connectivity index (χ4n) is 3.93. The molecule has 152 valence electrons. The third-order valence-corrected chi connectivity index (χ3v) is 5.51. The fourth-order valence-corrected chi connectivity index (χ4v) is 3.93. The predicted molar refractivity (Wildman–Crippen MR) is 106 cm³/mol. The van der Waals surface area contributed by atoms with Gasteiger partial charge in [0.1, 0.15) is 5.60 Å². The summed E-state index contributed by atoms with van der Waals surface area (Å²) in [5, 5.41) is 2.97. The fraction of sp³-hybridized carbons (Fsp3) is 0.591. The molecular formula is C22H30N2O4. The highest BCUT2D eigenvalue weighted by atomic mass is 16.6. The second-order valence-corrected chi connectivity index (χ2v) is 8.93. The van der Waals surface area contributed by atoms with E-state index in [1.54, 1.807) is 12.1 Å². The van der Waals surface area contributed by atoms with Gasteiger partial charge in [-0.2, -0.15) is 0 Å². The van der Waals surface area contributed by atoms with Gasteiger partial charge in [-0.3, -0.25) is 9.59 Å². The SMILES string of the molecule is CC(C)(C)OC(=O)c1ccc(CN2CCC3(CCCCNC3=O)CC2=O)cc1. The molecule has 2 fully saturated rings. The van der Waals surface area contributed by atoms with Gasteiger partial charge in [-0.25, -0.2) is 4.79 Å². The van der Waals surface area contributed by atoms with Crippen LogP contribution in [0.15, 0.2) is 24.3 Å². The predicted octanol–water partition coefficient (Wildman–Crippen LogP) is 3.05. The standard InChI is InChI=1S/C22H30N2O4/c1-21(2,3)28-19(26)17-8-6-16(7-9-17)15-24-13-11-22(14-18(24)25)10-4-5-12-23-20(22)27/h6-9H,4-5,10-15H2,1-3H3,(H,23,27). The molecule has 1 aromatic rings. The first-order valence-corrected chi connectivity index (χ1v) is 10.1. The van der Waals surface area contributed by atoms with E-state index in [-0.39, 0.29) is 24.2 Å². The van der Waals surface area contributed by atoms with Gasteiger partial charge in [0.15, 0.2) is 0 Å². The number of hydrogen-bond acceptors (Lipinski definition) is 4. The van der Waals surface area contributed by atoms with Gasteiger partial charge in [0, 0.05) is 26.1 Å². The maximum absolute atomic E-state index is 12.7. The Morgan fingerprint density at radius 2 is 1.86 bits per heavy atom. The molecule has 2 aliphatic rings. The van der Waals surface area contributed by atoms with Crippen molar-refractivity contribution in [3.05, 3.63) is 35.4 Å². The molecule has 3 rings (SSSR count). The number of piperidine rings is 1. The monoisotopic (exact) mass is 386 g/mol. The van der Waals surface area contributed by atoms with Crippen LogP contribution in [0.5, 0.6) is 0 Å². The highest BCUT2D eigenvalue weighted by Gasteiger charge is 2.45. The van der Waals surface area contributed by atoms with E-state index in [9.17, 15) is 14.4 Å². The lowest BCUT2D eigenvalue weighted by Gasteiger charge is -2.39. The molecule has 0 saturated carbocycles. The number of esters is 1. The van der Waals surface area contributed by atoms with E-state index in [0.717, 1.165) is 24.8 Å². The van der Waals surface area contributed by atoms with Crippen molar-refractivity contribution in [1.82, 2.24) is 10.2 Å². The average molecular weight is 386 g/mol. The molecule has 0 aliphatic carbocycles. The Hall–Kier alpha value is -2.37. The summed E-state index contributed by atoms with van der Waals surface area (Å²) in [6.07, 6.45) is 3.76. The first-order valence-electron chi connectivity index (χ1n) is 10.1. The van der Waals surface area contributed by atoms with E-state index in [0.29, 0.717) is 31.6 Å². The van der Waals surface area contributed by atoms with Crippen molar-refractivity contribution in [2.24, 2.45) is 5.41 Å². The minimum Gasteiger partial charge on any atom is -0.456 e. The Kier molecular flexibility index (Phi) is 5.77. The zero-order valence-electron chi connectivity index (χ0n) is 17.0. The summed E-state index contributed by atoms with van der Waals surface area (Å²) in [5.74, 6) is -0.284. The van der Waals surface area contributed by atoms with E-state index in [1.165, 1.54) is 0 Å². The van der Waals surface area contributed by atoms with Gasteiger partial charge in [-0.15, -0.1) is 0 Å². The molecule has 0 radical (unpaired) electrons.